The van der Waals surface area contributed by atoms with E-state index in [1.54, 1.807) is 5.01 Å². The molecule has 1 aromatic carbocycles. The molecule has 0 radical (unpaired) electrons. The Labute approximate surface area is 99.7 Å². The second-order valence-corrected chi connectivity index (χ2v) is 3.61. The predicted octanol–water partition coefficient (Wildman–Crippen LogP) is 3.46. The zero-order valence-electron chi connectivity index (χ0n) is 8.31. The number of hydrogen-bond acceptors (Lipinski definition) is 2. The standard InChI is InChI=1S/C10H13Cl2N3/c11-6-8-15(9-7-12)14-13-10-4-2-1-3-5-10/h1-5H,6-9H2. The molecule has 0 saturated heterocycles. The summed E-state index contributed by atoms with van der Waals surface area (Å²) >= 11 is 11.3. The first-order valence-corrected chi connectivity index (χ1v) is 5.77. The summed E-state index contributed by atoms with van der Waals surface area (Å²) in [6.07, 6.45) is 0. The fourth-order valence-electron chi connectivity index (χ4n) is 1.01. The smallest absolute Gasteiger partial charge is 0.0874 e. The van der Waals surface area contributed by atoms with E-state index in [-0.39, 0.29) is 0 Å². The van der Waals surface area contributed by atoms with Crippen LogP contribution in [0.5, 0.6) is 0 Å². The summed E-state index contributed by atoms with van der Waals surface area (Å²) in [5.74, 6) is 1.04. The van der Waals surface area contributed by atoms with Crippen LogP contribution in [0.15, 0.2) is 40.7 Å². The first-order valence-electron chi connectivity index (χ1n) is 4.70. The second-order valence-electron chi connectivity index (χ2n) is 2.86. The van der Waals surface area contributed by atoms with Crippen LogP contribution in [0.3, 0.4) is 0 Å². The van der Waals surface area contributed by atoms with E-state index in [9.17, 15) is 0 Å². The van der Waals surface area contributed by atoms with Gasteiger partial charge in [0.25, 0.3) is 0 Å². The van der Waals surface area contributed by atoms with E-state index in [0.29, 0.717) is 24.8 Å². The van der Waals surface area contributed by atoms with Gasteiger partial charge in [-0.2, -0.15) is 0 Å². The Morgan fingerprint density at radius 2 is 1.60 bits per heavy atom. The van der Waals surface area contributed by atoms with Crippen LogP contribution in [0.25, 0.3) is 0 Å². The van der Waals surface area contributed by atoms with Crippen LogP contribution in [-0.2, 0) is 0 Å². The molecule has 0 atom stereocenters. The van der Waals surface area contributed by atoms with E-state index in [1.807, 2.05) is 30.3 Å². The predicted molar refractivity (Wildman–Crippen MR) is 64.0 cm³/mol. The van der Waals surface area contributed by atoms with Crippen molar-refractivity contribution in [2.75, 3.05) is 24.8 Å². The van der Waals surface area contributed by atoms with E-state index in [0.717, 1.165) is 5.69 Å². The maximum Gasteiger partial charge on any atom is 0.0874 e. The number of nitrogens with zero attached hydrogens (tertiary/aromatic N) is 3. The van der Waals surface area contributed by atoms with E-state index in [4.69, 9.17) is 23.2 Å². The fourth-order valence-corrected chi connectivity index (χ4v) is 1.40. The van der Waals surface area contributed by atoms with Crippen LogP contribution in [0, 0.1) is 0 Å². The summed E-state index contributed by atoms with van der Waals surface area (Å²) in [4.78, 5) is 0. The van der Waals surface area contributed by atoms with Gasteiger partial charge in [-0.3, -0.25) is 5.01 Å². The molecule has 15 heavy (non-hydrogen) atoms. The molecule has 0 N–H and O–H groups in total. The number of rotatable bonds is 6. The van der Waals surface area contributed by atoms with Gasteiger partial charge in [0.15, 0.2) is 0 Å². The molecule has 0 aliphatic carbocycles. The van der Waals surface area contributed by atoms with Crippen LogP contribution >= 0.6 is 23.2 Å². The average Bonchev–Trinajstić information content (AvgIpc) is 2.28. The Bertz CT molecular complexity index is 284. The Kier molecular flexibility index (Phi) is 6.12. The van der Waals surface area contributed by atoms with Crippen LogP contribution in [0.1, 0.15) is 0 Å². The number of benzene rings is 1. The van der Waals surface area contributed by atoms with Crippen LogP contribution in [0.2, 0.25) is 0 Å². The topological polar surface area (TPSA) is 28.0 Å². The van der Waals surface area contributed by atoms with Crippen molar-refractivity contribution in [3.8, 4) is 0 Å². The minimum absolute atomic E-state index is 0.519. The monoisotopic (exact) mass is 245 g/mol. The van der Waals surface area contributed by atoms with Crippen molar-refractivity contribution in [3.05, 3.63) is 30.3 Å². The van der Waals surface area contributed by atoms with Gasteiger partial charge >= 0.3 is 0 Å². The van der Waals surface area contributed by atoms with Crippen LogP contribution in [-0.4, -0.2) is 29.9 Å². The highest BCUT2D eigenvalue weighted by Crippen LogP contribution is 2.10. The van der Waals surface area contributed by atoms with E-state index >= 15 is 0 Å². The SMILES string of the molecule is ClCCN(CCCl)N=Nc1ccccc1. The quantitative estimate of drug-likeness (QED) is 0.429. The molecule has 82 valence electrons. The van der Waals surface area contributed by atoms with Crippen molar-refractivity contribution in [2.24, 2.45) is 10.3 Å². The van der Waals surface area contributed by atoms with Crippen molar-refractivity contribution in [3.63, 3.8) is 0 Å². The summed E-state index contributed by atoms with van der Waals surface area (Å²) < 4.78 is 0. The molecular weight excluding hydrogens is 233 g/mol. The number of halogens is 2. The molecule has 0 aliphatic heterocycles. The van der Waals surface area contributed by atoms with Gasteiger partial charge in [-0.1, -0.05) is 23.4 Å². The van der Waals surface area contributed by atoms with Crippen molar-refractivity contribution >= 4 is 28.9 Å². The molecule has 0 bridgehead atoms. The molecule has 0 amide bonds. The minimum Gasteiger partial charge on any atom is -0.276 e. The number of alkyl halides is 2. The van der Waals surface area contributed by atoms with Gasteiger partial charge in [0, 0.05) is 11.8 Å². The molecule has 1 aromatic rings. The van der Waals surface area contributed by atoms with Crippen molar-refractivity contribution in [2.45, 2.75) is 0 Å². The molecule has 3 nitrogen and oxygen atoms in total. The highest BCUT2D eigenvalue weighted by Gasteiger charge is 1.98. The summed E-state index contributed by atoms with van der Waals surface area (Å²) in [5, 5.41) is 9.90. The highest BCUT2D eigenvalue weighted by atomic mass is 35.5. The Hall–Kier alpha value is -0.800. The minimum atomic E-state index is 0.519. The Morgan fingerprint density at radius 3 is 2.13 bits per heavy atom. The van der Waals surface area contributed by atoms with Gasteiger partial charge in [-0.05, 0) is 12.1 Å². The lowest BCUT2D eigenvalue weighted by Crippen LogP contribution is -2.21. The van der Waals surface area contributed by atoms with Gasteiger partial charge in [0.1, 0.15) is 0 Å². The molecule has 5 heteroatoms. The lowest BCUT2D eigenvalue weighted by molar-refractivity contribution is 0.304. The maximum atomic E-state index is 5.63. The van der Waals surface area contributed by atoms with Crippen molar-refractivity contribution < 1.29 is 0 Å². The molecular formula is C10H13Cl2N3. The van der Waals surface area contributed by atoms with E-state index in [1.165, 1.54) is 0 Å². The average molecular weight is 246 g/mol. The molecule has 1 rings (SSSR count). The van der Waals surface area contributed by atoms with Gasteiger partial charge in [-0.25, -0.2) is 0 Å². The zero-order chi connectivity index (χ0) is 10.9. The van der Waals surface area contributed by atoms with Crippen molar-refractivity contribution in [1.29, 1.82) is 0 Å². The maximum absolute atomic E-state index is 5.63. The molecule has 0 spiro atoms. The first-order chi connectivity index (χ1) is 7.36. The molecule has 0 aliphatic rings. The zero-order valence-corrected chi connectivity index (χ0v) is 9.82. The van der Waals surface area contributed by atoms with Gasteiger partial charge in [0.05, 0.1) is 18.8 Å². The van der Waals surface area contributed by atoms with E-state index < -0.39 is 0 Å². The van der Waals surface area contributed by atoms with E-state index in [2.05, 4.69) is 10.3 Å². The second kappa shape index (κ2) is 7.49. The Morgan fingerprint density at radius 1 is 1.00 bits per heavy atom. The van der Waals surface area contributed by atoms with Gasteiger partial charge < -0.3 is 0 Å². The molecule has 0 fully saturated rings. The fraction of sp³-hybridized carbons (Fsp3) is 0.400. The van der Waals surface area contributed by atoms with Crippen LogP contribution in [0.4, 0.5) is 5.69 Å². The summed E-state index contributed by atoms with van der Waals surface area (Å²) in [6.45, 7) is 1.31. The van der Waals surface area contributed by atoms with Crippen LogP contribution < -0.4 is 0 Å². The Balaban J connectivity index is 2.53. The van der Waals surface area contributed by atoms with Crippen molar-refractivity contribution in [1.82, 2.24) is 5.01 Å². The summed E-state index contributed by atoms with van der Waals surface area (Å²) in [6, 6.07) is 9.56. The largest absolute Gasteiger partial charge is 0.276 e. The first kappa shape index (κ1) is 12.3. The third-order valence-electron chi connectivity index (χ3n) is 1.73. The number of hydrogen-bond donors (Lipinski definition) is 0. The normalized spacial score (nSPS) is 10.8. The molecule has 0 aromatic heterocycles. The molecule has 0 heterocycles. The lowest BCUT2D eigenvalue weighted by atomic mass is 10.3. The molecule has 0 saturated carbocycles. The summed E-state index contributed by atoms with van der Waals surface area (Å²) in [5.41, 5.74) is 0.826. The van der Waals surface area contributed by atoms with Gasteiger partial charge in [0.2, 0.25) is 0 Å². The third kappa shape index (κ3) is 5.00. The van der Waals surface area contributed by atoms with Gasteiger partial charge in [-0.15, -0.1) is 28.3 Å². The highest BCUT2D eigenvalue weighted by molar-refractivity contribution is 6.18. The lowest BCUT2D eigenvalue weighted by Gasteiger charge is -2.13. The summed E-state index contributed by atoms with van der Waals surface area (Å²) in [7, 11) is 0. The molecule has 0 unspecified atom stereocenters. The third-order valence-corrected chi connectivity index (χ3v) is 2.07.